The van der Waals surface area contributed by atoms with Crippen molar-refractivity contribution in [2.45, 2.75) is 57.5 Å². The van der Waals surface area contributed by atoms with Crippen LogP contribution in [0, 0.1) is 5.92 Å². The highest BCUT2D eigenvalue weighted by Crippen LogP contribution is 2.36. The van der Waals surface area contributed by atoms with Crippen molar-refractivity contribution in [3.8, 4) is 0 Å². The Labute approximate surface area is 144 Å². The number of carbonyl (C=O) groups excluding carboxylic acids is 2. The smallest absolute Gasteiger partial charge is 0.240 e. The molecule has 1 atom stereocenters. The van der Waals surface area contributed by atoms with E-state index in [0.29, 0.717) is 0 Å². The van der Waals surface area contributed by atoms with Gasteiger partial charge in [0.1, 0.15) is 0 Å². The van der Waals surface area contributed by atoms with Gasteiger partial charge in [0.15, 0.2) is 0 Å². The molecule has 2 amide bonds. The van der Waals surface area contributed by atoms with Crippen molar-refractivity contribution >= 4 is 11.8 Å². The number of carbonyl (C=O) groups is 2. The summed E-state index contributed by atoms with van der Waals surface area (Å²) >= 11 is 0. The van der Waals surface area contributed by atoms with Gasteiger partial charge in [0.25, 0.3) is 0 Å². The molecule has 0 aliphatic heterocycles. The monoisotopic (exact) mass is 331 g/mol. The van der Waals surface area contributed by atoms with Crippen molar-refractivity contribution in [3.05, 3.63) is 35.9 Å². The molecule has 1 fully saturated rings. The summed E-state index contributed by atoms with van der Waals surface area (Å²) < 4.78 is 0. The second kappa shape index (κ2) is 8.29. The maximum atomic E-state index is 12.4. The van der Waals surface area contributed by atoms with E-state index in [2.05, 4.69) is 22.8 Å². The van der Waals surface area contributed by atoms with Crippen LogP contribution in [0.1, 0.15) is 51.5 Å². The minimum atomic E-state index is -0.587. The number of nitrogens with one attached hydrogen (secondary N) is 2. The van der Waals surface area contributed by atoms with Crippen LogP contribution in [-0.2, 0) is 15.1 Å². The molecule has 1 saturated carbocycles. The highest BCUT2D eigenvalue weighted by atomic mass is 16.2. The largest absolute Gasteiger partial charge is 0.346 e. The van der Waals surface area contributed by atoms with E-state index in [1.165, 1.54) is 6.42 Å². The lowest BCUT2D eigenvalue weighted by atomic mass is 9.76. The minimum absolute atomic E-state index is 0.0339. The lowest BCUT2D eigenvalue weighted by Crippen LogP contribution is -2.52. The molecule has 1 aliphatic rings. The van der Waals surface area contributed by atoms with Crippen molar-refractivity contribution in [3.63, 3.8) is 0 Å². The first-order valence-corrected chi connectivity index (χ1v) is 8.84. The van der Waals surface area contributed by atoms with Crippen LogP contribution in [0.2, 0.25) is 0 Å². The molecule has 2 rings (SSSR count). The molecular formula is C19H29N3O2. The highest BCUT2D eigenvalue weighted by Gasteiger charge is 2.35. The Morgan fingerprint density at radius 3 is 2.33 bits per heavy atom. The molecular weight excluding hydrogens is 302 g/mol. The van der Waals surface area contributed by atoms with Crippen molar-refractivity contribution in [2.24, 2.45) is 11.7 Å². The molecule has 0 spiro atoms. The molecule has 1 aromatic carbocycles. The molecule has 5 heteroatoms. The summed E-state index contributed by atoms with van der Waals surface area (Å²) in [7, 11) is 0. The number of nitrogens with two attached hydrogens (primary N) is 1. The zero-order valence-electron chi connectivity index (χ0n) is 14.7. The molecule has 0 unspecified atom stereocenters. The molecule has 0 bridgehead atoms. The van der Waals surface area contributed by atoms with Crippen LogP contribution < -0.4 is 16.4 Å². The first-order chi connectivity index (χ1) is 11.4. The zero-order valence-corrected chi connectivity index (χ0v) is 14.7. The Morgan fingerprint density at radius 2 is 1.75 bits per heavy atom. The van der Waals surface area contributed by atoms with Crippen LogP contribution in [0.25, 0.3) is 0 Å². The van der Waals surface area contributed by atoms with E-state index in [4.69, 9.17) is 5.73 Å². The maximum Gasteiger partial charge on any atom is 0.240 e. The maximum absolute atomic E-state index is 12.4. The molecule has 4 N–H and O–H groups in total. The Kier molecular flexibility index (Phi) is 6.37. The highest BCUT2D eigenvalue weighted by molar-refractivity contribution is 5.87. The summed E-state index contributed by atoms with van der Waals surface area (Å²) in [5.74, 6) is -0.398. The van der Waals surface area contributed by atoms with Crippen LogP contribution in [0.4, 0.5) is 0 Å². The zero-order chi connectivity index (χ0) is 17.6. The Balaban J connectivity index is 2.00. The van der Waals surface area contributed by atoms with E-state index >= 15 is 0 Å². The fourth-order valence-corrected chi connectivity index (χ4v) is 3.30. The Hall–Kier alpha value is -1.88. The lowest BCUT2D eigenvalue weighted by Gasteiger charge is -2.38. The molecule has 0 aromatic heterocycles. The van der Waals surface area contributed by atoms with E-state index < -0.39 is 6.04 Å². The molecule has 1 aromatic rings. The fraction of sp³-hybridized carbons (Fsp3) is 0.579. The van der Waals surface area contributed by atoms with E-state index in [0.717, 1.165) is 31.2 Å². The van der Waals surface area contributed by atoms with Gasteiger partial charge in [-0.25, -0.2) is 0 Å². The van der Waals surface area contributed by atoms with E-state index in [-0.39, 0.29) is 29.8 Å². The normalized spacial score (nSPS) is 18.0. The lowest BCUT2D eigenvalue weighted by molar-refractivity contribution is -0.128. The van der Waals surface area contributed by atoms with E-state index in [9.17, 15) is 9.59 Å². The predicted octanol–water partition coefficient (Wildman–Crippen LogP) is 2.06. The van der Waals surface area contributed by atoms with Crippen LogP contribution in [0.15, 0.2) is 30.3 Å². The van der Waals surface area contributed by atoms with Crippen LogP contribution in [0.5, 0.6) is 0 Å². The number of hydrogen-bond donors (Lipinski definition) is 3. The van der Waals surface area contributed by atoms with Gasteiger partial charge in [-0.3, -0.25) is 9.59 Å². The Bertz CT molecular complexity index is 551. The van der Waals surface area contributed by atoms with Gasteiger partial charge in [-0.2, -0.15) is 0 Å². The fourth-order valence-electron chi connectivity index (χ4n) is 3.30. The SMILES string of the molecule is CC(C)[C@H](N)C(=O)NCC(=O)NC1(c2ccccc2)CCCCC1. The summed E-state index contributed by atoms with van der Waals surface area (Å²) in [6.07, 6.45) is 5.26. The quantitative estimate of drug-likeness (QED) is 0.746. The van der Waals surface area contributed by atoms with Gasteiger partial charge in [-0.05, 0) is 24.3 Å². The van der Waals surface area contributed by atoms with Crippen molar-refractivity contribution in [2.75, 3.05) is 6.54 Å². The number of amides is 2. The van der Waals surface area contributed by atoms with E-state index in [1.54, 1.807) is 0 Å². The molecule has 24 heavy (non-hydrogen) atoms. The average molecular weight is 331 g/mol. The number of benzene rings is 1. The minimum Gasteiger partial charge on any atom is -0.346 e. The summed E-state index contributed by atoms with van der Waals surface area (Å²) in [4.78, 5) is 24.3. The van der Waals surface area contributed by atoms with E-state index in [1.807, 2.05) is 32.0 Å². The molecule has 0 radical (unpaired) electrons. The molecule has 0 heterocycles. The van der Waals surface area contributed by atoms with Crippen LogP contribution in [0.3, 0.4) is 0 Å². The third-order valence-electron chi connectivity index (χ3n) is 4.86. The second-order valence-corrected chi connectivity index (χ2v) is 7.04. The number of rotatable bonds is 6. The Morgan fingerprint density at radius 1 is 1.12 bits per heavy atom. The number of hydrogen-bond acceptors (Lipinski definition) is 3. The molecule has 1 aliphatic carbocycles. The van der Waals surface area contributed by atoms with Crippen LogP contribution >= 0.6 is 0 Å². The van der Waals surface area contributed by atoms with Gasteiger partial charge < -0.3 is 16.4 Å². The first-order valence-electron chi connectivity index (χ1n) is 8.84. The van der Waals surface area contributed by atoms with Gasteiger partial charge in [-0.1, -0.05) is 63.4 Å². The van der Waals surface area contributed by atoms with Crippen molar-refractivity contribution in [1.29, 1.82) is 0 Å². The first kappa shape index (κ1) is 18.5. The molecule has 132 valence electrons. The third-order valence-corrected chi connectivity index (χ3v) is 4.86. The van der Waals surface area contributed by atoms with Crippen LogP contribution in [-0.4, -0.2) is 24.4 Å². The van der Waals surface area contributed by atoms with Gasteiger partial charge >= 0.3 is 0 Å². The van der Waals surface area contributed by atoms with Crippen molar-refractivity contribution in [1.82, 2.24) is 10.6 Å². The van der Waals surface area contributed by atoms with Crippen molar-refractivity contribution < 1.29 is 9.59 Å². The summed E-state index contributed by atoms with van der Waals surface area (Å²) in [5.41, 5.74) is 6.63. The third kappa shape index (κ3) is 4.57. The van der Waals surface area contributed by atoms with Gasteiger partial charge in [0.05, 0.1) is 18.1 Å². The average Bonchev–Trinajstić information content (AvgIpc) is 2.60. The standard InChI is InChI=1S/C19H29N3O2/c1-14(2)17(20)18(24)21-13-16(23)22-19(11-7-4-8-12-19)15-9-5-3-6-10-15/h3,5-6,9-10,14,17H,4,7-8,11-13,20H2,1-2H3,(H,21,24)(H,22,23)/t17-/m0/s1. The summed E-state index contributed by atoms with van der Waals surface area (Å²) in [6.45, 7) is 3.74. The topological polar surface area (TPSA) is 84.2 Å². The predicted molar refractivity (Wildman–Crippen MR) is 95.2 cm³/mol. The molecule has 0 saturated heterocycles. The van der Waals surface area contributed by atoms with Gasteiger partial charge in [-0.15, -0.1) is 0 Å². The second-order valence-electron chi connectivity index (χ2n) is 7.04. The van der Waals surface area contributed by atoms with Gasteiger partial charge in [0, 0.05) is 0 Å². The summed E-state index contributed by atoms with van der Waals surface area (Å²) in [5, 5.41) is 5.82. The van der Waals surface area contributed by atoms with Gasteiger partial charge in [0.2, 0.25) is 11.8 Å². The molecule has 5 nitrogen and oxygen atoms in total. The summed E-state index contributed by atoms with van der Waals surface area (Å²) in [6, 6.07) is 9.53.